The third kappa shape index (κ3) is 5.58. The summed E-state index contributed by atoms with van der Waals surface area (Å²) in [7, 11) is 0. The Morgan fingerprint density at radius 2 is 2.00 bits per heavy atom. The Hall–Kier alpha value is -2.35. The Labute approximate surface area is 169 Å². The molecular formula is C20H27N5O2S. The lowest BCUT2D eigenvalue weighted by atomic mass is 9.91. The van der Waals surface area contributed by atoms with Gasteiger partial charge in [-0.1, -0.05) is 20.8 Å². The van der Waals surface area contributed by atoms with Gasteiger partial charge < -0.3 is 10.2 Å². The molecule has 0 spiro atoms. The number of aromatic nitrogens is 3. The number of nitrogens with zero attached hydrogens (tertiary/aromatic N) is 4. The number of carbonyl (C=O) groups excluding carboxylic acids is 2. The Balaban J connectivity index is 1.55. The maximum atomic E-state index is 12.7. The number of pyridine rings is 1. The number of amides is 2. The second-order valence-electron chi connectivity index (χ2n) is 8.18. The fourth-order valence-corrected chi connectivity index (χ4v) is 4.20. The van der Waals surface area contributed by atoms with Crippen molar-refractivity contribution in [2.24, 2.45) is 5.41 Å². The van der Waals surface area contributed by atoms with Crippen LogP contribution < -0.4 is 5.32 Å². The first-order valence-corrected chi connectivity index (χ1v) is 10.6. The van der Waals surface area contributed by atoms with E-state index in [1.165, 1.54) is 5.56 Å². The molecule has 0 bridgehead atoms. The summed E-state index contributed by atoms with van der Waals surface area (Å²) in [5, 5.41) is 7.29. The smallest absolute Gasteiger partial charge is 0.249 e. The number of nitrogens with one attached hydrogen (secondary N) is 1. The van der Waals surface area contributed by atoms with Crippen molar-refractivity contribution in [3.63, 3.8) is 0 Å². The van der Waals surface area contributed by atoms with Gasteiger partial charge in [0.25, 0.3) is 0 Å². The topological polar surface area (TPSA) is 80.1 Å². The second kappa shape index (κ2) is 8.77. The highest BCUT2D eigenvalue weighted by molar-refractivity contribution is 7.99. The first kappa shape index (κ1) is 20.4. The van der Waals surface area contributed by atoms with E-state index in [2.05, 4.69) is 15.4 Å². The zero-order valence-corrected chi connectivity index (χ0v) is 17.4. The molecule has 0 aliphatic carbocycles. The summed E-state index contributed by atoms with van der Waals surface area (Å²) in [5.74, 6) is 1.55. The quantitative estimate of drug-likeness (QED) is 0.805. The van der Waals surface area contributed by atoms with Crippen LogP contribution in [-0.4, -0.2) is 49.2 Å². The summed E-state index contributed by atoms with van der Waals surface area (Å²) in [5.41, 5.74) is 1.09. The number of hydrogen-bond donors (Lipinski definition) is 1. The second-order valence-corrected chi connectivity index (χ2v) is 9.18. The summed E-state index contributed by atoms with van der Waals surface area (Å²) in [6.45, 7) is 6.81. The molecule has 150 valence electrons. The van der Waals surface area contributed by atoms with Gasteiger partial charge in [-0.25, -0.2) is 0 Å². The van der Waals surface area contributed by atoms with E-state index in [1.807, 2.05) is 43.8 Å². The average Bonchev–Trinajstić information content (AvgIpc) is 3.29. The molecular weight excluding hydrogens is 374 g/mol. The van der Waals surface area contributed by atoms with Crippen LogP contribution in [0.4, 0.5) is 5.82 Å². The molecule has 7 nitrogen and oxygen atoms in total. The van der Waals surface area contributed by atoms with Crippen molar-refractivity contribution in [2.45, 2.75) is 46.2 Å². The third-order valence-corrected chi connectivity index (χ3v) is 5.47. The van der Waals surface area contributed by atoms with Gasteiger partial charge in [-0.2, -0.15) is 5.10 Å². The van der Waals surface area contributed by atoms with Crippen molar-refractivity contribution >= 4 is 29.4 Å². The zero-order chi connectivity index (χ0) is 20.1. The predicted octanol–water partition coefficient (Wildman–Crippen LogP) is 2.80. The van der Waals surface area contributed by atoms with Gasteiger partial charge in [-0.3, -0.25) is 19.3 Å². The molecule has 0 radical (unpaired) electrons. The minimum absolute atomic E-state index is 0.0283. The van der Waals surface area contributed by atoms with E-state index in [1.54, 1.807) is 35.1 Å². The molecule has 1 fully saturated rings. The van der Waals surface area contributed by atoms with Crippen molar-refractivity contribution in [1.82, 2.24) is 19.7 Å². The van der Waals surface area contributed by atoms with Gasteiger partial charge in [0, 0.05) is 43.4 Å². The number of hydrogen-bond acceptors (Lipinski definition) is 5. The fraction of sp³-hybridized carbons (Fsp3) is 0.500. The first-order chi connectivity index (χ1) is 13.3. The number of anilines is 1. The maximum absolute atomic E-state index is 12.7. The van der Waals surface area contributed by atoms with E-state index in [9.17, 15) is 9.59 Å². The molecule has 1 N–H and O–H groups in total. The van der Waals surface area contributed by atoms with E-state index in [0.29, 0.717) is 23.9 Å². The molecule has 2 aromatic heterocycles. The van der Waals surface area contributed by atoms with Crippen LogP contribution in [-0.2, 0) is 22.6 Å². The molecule has 2 aromatic rings. The number of rotatable bonds is 6. The minimum atomic E-state index is -0.443. The Morgan fingerprint density at radius 3 is 2.71 bits per heavy atom. The van der Waals surface area contributed by atoms with E-state index in [-0.39, 0.29) is 17.2 Å². The van der Waals surface area contributed by atoms with E-state index in [0.717, 1.165) is 13.0 Å². The molecule has 3 heterocycles. The highest BCUT2D eigenvalue weighted by Crippen LogP contribution is 2.27. The summed E-state index contributed by atoms with van der Waals surface area (Å²) in [4.78, 5) is 31.0. The highest BCUT2D eigenvalue weighted by atomic mass is 32.2. The van der Waals surface area contributed by atoms with Crippen LogP contribution >= 0.6 is 11.8 Å². The van der Waals surface area contributed by atoms with Gasteiger partial charge in [0.1, 0.15) is 6.04 Å². The van der Waals surface area contributed by atoms with E-state index in [4.69, 9.17) is 0 Å². The molecule has 0 aromatic carbocycles. The highest BCUT2D eigenvalue weighted by Gasteiger charge is 2.36. The molecule has 0 saturated carbocycles. The average molecular weight is 402 g/mol. The monoisotopic (exact) mass is 401 g/mol. The summed E-state index contributed by atoms with van der Waals surface area (Å²) < 4.78 is 1.81. The zero-order valence-electron chi connectivity index (χ0n) is 16.6. The summed E-state index contributed by atoms with van der Waals surface area (Å²) >= 11 is 1.61. The first-order valence-electron chi connectivity index (χ1n) is 9.42. The van der Waals surface area contributed by atoms with Gasteiger partial charge >= 0.3 is 0 Å². The SMILES string of the molecule is CC(C)(C)CC(=O)N1CSCC1C(=O)Nc1ccn(CCc2ccncc2)n1. The maximum Gasteiger partial charge on any atom is 0.249 e. The van der Waals surface area contributed by atoms with Crippen molar-refractivity contribution in [3.8, 4) is 0 Å². The Morgan fingerprint density at radius 1 is 1.25 bits per heavy atom. The standard InChI is InChI=1S/C20H27N5O2S/c1-20(2,3)12-18(26)25-14-28-13-16(25)19(27)22-17-7-11-24(23-17)10-6-15-4-8-21-9-5-15/h4-5,7-9,11,16H,6,10,12-14H2,1-3H3,(H,22,23,27). The number of carbonyl (C=O) groups is 2. The summed E-state index contributed by atoms with van der Waals surface area (Å²) in [6, 6.07) is 5.30. The molecule has 3 rings (SSSR count). The van der Waals surface area contributed by atoms with Gasteiger partial charge in [0.05, 0.1) is 5.88 Å². The van der Waals surface area contributed by atoms with Crippen LogP contribution in [0, 0.1) is 5.41 Å². The molecule has 1 unspecified atom stereocenters. The molecule has 2 amide bonds. The predicted molar refractivity (Wildman–Crippen MR) is 111 cm³/mol. The Kier molecular flexibility index (Phi) is 6.39. The van der Waals surface area contributed by atoms with Crippen molar-refractivity contribution in [2.75, 3.05) is 16.9 Å². The van der Waals surface area contributed by atoms with Crippen molar-refractivity contribution in [3.05, 3.63) is 42.4 Å². The summed E-state index contributed by atoms with van der Waals surface area (Å²) in [6.07, 6.45) is 6.67. The van der Waals surface area contributed by atoms with Crippen LogP contribution in [0.5, 0.6) is 0 Å². The molecule has 1 atom stereocenters. The molecule has 28 heavy (non-hydrogen) atoms. The lowest BCUT2D eigenvalue weighted by Gasteiger charge is -2.26. The molecule has 1 aliphatic rings. The van der Waals surface area contributed by atoms with Gasteiger partial charge in [0.15, 0.2) is 5.82 Å². The molecule has 1 saturated heterocycles. The van der Waals surface area contributed by atoms with Crippen LogP contribution in [0.3, 0.4) is 0 Å². The fourth-order valence-electron chi connectivity index (χ4n) is 3.02. The van der Waals surface area contributed by atoms with Gasteiger partial charge in [-0.15, -0.1) is 11.8 Å². The largest absolute Gasteiger partial charge is 0.321 e. The van der Waals surface area contributed by atoms with Crippen molar-refractivity contribution < 1.29 is 9.59 Å². The third-order valence-electron chi connectivity index (χ3n) is 4.46. The van der Waals surface area contributed by atoms with Gasteiger partial charge in [0.2, 0.25) is 11.8 Å². The van der Waals surface area contributed by atoms with Crippen LogP contribution in [0.1, 0.15) is 32.8 Å². The van der Waals surface area contributed by atoms with Crippen LogP contribution in [0.2, 0.25) is 0 Å². The van der Waals surface area contributed by atoms with E-state index < -0.39 is 6.04 Å². The normalized spacial score (nSPS) is 17.0. The number of thioether (sulfide) groups is 1. The lowest BCUT2D eigenvalue weighted by molar-refractivity contribution is -0.137. The number of aryl methyl sites for hydroxylation is 2. The molecule has 1 aliphatic heterocycles. The minimum Gasteiger partial charge on any atom is -0.321 e. The Bertz CT molecular complexity index is 816. The van der Waals surface area contributed by atoms with E-state index >= 15 is 0 Å². The van der Waals surface area contributed by atoms with Crippen molar-refractivity contribution in [1.29, 1.82) is 0 Å². The van der Waals surface area contributed by atoms with Crippen LogP contribution in [0.25, 0.3) is 0 Å². The lowest BCUT2D eigenvalue weighted by Crippen LogP contribution is -2.45. The van der Waals surface area contributed by atoms with Gasteiger partial charge in [-0.05, 0) is 29.5 Å². The molecule has 8 heteroatoms. The van der Waals surface area contributed by atoms with Crippen LogP contribution in [0.15, 0.2) is 36.8 Å².